The number of hydrogen-bond donors (Lipinski definition) is 2. The van der Waals surface area contributed by atoms with Crippen LogP contribution < -0.4 is 16.6 Å². The zero-order chi connectivity index (χ0) is 20.8. The molecule has 2 amide bonds. The molecule has 1 aliphatic heterocycles. The van der Waals surface area contributed by atoms with Gasteiger partial charge < -0.3 is 10.2 Å². The van der Waals surface area contributed by atoms with Crippen molar-refractivity contribution >= 4 is 22.8 Å². The van der Waals surface area contributed by atoms with Gasteiger partial charge in [0.25, 0.3) is 11.5 Å². The number of pyridine rings is 1. The van der Waals surface area contributed by atoms with Crippen molar-refractivity contribution in [3.05, 3.63) is 38.7 Å². The topological polar surface area (TPSA) is 117 Å². The number of H-pyrrole nitrogens is 1. The largest absolute Gasteiger partial charge is 0.351 e. The lowest BCUT2D eigenvalue weighted by Crippen LogP contribution is -2.35. The molecule has 0 radical (unpaired) electrons. The fourth-order valence-electron chi connectivity index (χ4n) is 3.59. The molecule has 0 bridgehead atoms. The van der Waals surface area contributed by atoms with Crippen molar-refractivity contribution in [1.29, 1.82) is 0 Å². The molecule has 1 saturated heterocycles. The zero-order valence-electron chi connectivity index (χ0n) is 16.7. The Labute approximate surface area is 168 Å². The smallest absolute Gasteiger partial charge is 0.329 e. The maximum absolute atomic E-state index is 12.4. The lowest BCUT2D eigenvalue weighted by Gasteiger charge is -2.20. The van der Waals surface area contributed by atoms with Gasteiger partial charge in [-0.1, -0.05) is 19.8 Å². The monoisotopic (exact) mass is 401 g/mol. The van der Waals surface area contributed by atoms with E-state index in [0.29, 0.717) is 13.0 Å². The number of carbonyl (C=O) groups is 2. The first-order valence-electron chi connectivity index (χ1n) is 10.2. The Morgan fingerprint density at radius 3 is 2.59 bits per heavy atom. The molecule has 0 aliphatic carbocycles. The number of aromatic amines is 1. The van der Waals surface area contributed by atoms with Crippen LogP contribution in [0.3, 0.4) is 0 Å². The van der Waals surface area contributed by atoms with Crippen molar-refractivity contribution < 1.29 is 9.59 Å². The number of rotatable bonds is 6. The Morgan fingerprint density at radius 1 is 1.17 bits per heavy atom. The molecule has 2 aromatic rings. The Kier molecular flexibility index (Phi) is 6.79. The van der Waals surface area contributed by atoms with E-state index < -0.39 is 17.2 Å². The molecule has 0 atom stereocenters. The summed E-state index contributed by atoms with van der Waals surface area (Å²) in [6.07, 6.45) is 6.65. The van der Waals surface area contributed by atoms with Gasteiger partial charge in [0, 0.05) is 38.8 Å². The van der Waals surface area contributed by atoms with Crippen LogP contribution in [0, 0.1) is 0 Å². The van der Waals surface area contributed by atoms with Gasteiger partial charge >= 0.3 is 5.69 Å². The quantitative estimate of drug-likeness (QED) is 0.749. The number of likely N-dealkylation sites (tertiary alicyclic amines) is 1. The molecule has 3 heterocycles. The molecule has 0 spiro atoms. The van der Waals surface area contributed by atoms with E-state index in [4.69, 9.17) is 0 Å². The summed E-state index contributed by atoms with van der Waals surface area (Å²) in [6.45, 7) is 4.12. The summed E-state index contributed by atoms with van der Waals surface area (Å²) in [4.78, 5) is 57.2. The van der Waals surface area contributed by atoms with E-state index in [2.05, 4.69) is 15.3 Å². The summed E-state index contributed by atoms with van der Waals surface area (Å²) in [7, 11) is 0. The Hall–Kier alpha value is -2.97. The molecule has 3 rings (SSSR count). The molecule has 0 unspecified atom stereocenters. The number of fused-ring (bicyclic) bond motifs is 1. The minimum Gasteiger partial charge on any atom is -0.351 e. The number of aryl methyl sites for hydroxylation is 1. The predicted octanol–water partition coefficient (Wildman–Crippen LogP) is 1.02. The second-order valence-corrected chi connectivity index (χ2v) is 7.31. The molecule has 0 saturated carbocycles. The van der Waals surface area contributed by atoms with Crippen molar-refractivity contribution in [2.24, 2.45) is 0 Å². The number of carbonyl (C=O) groups excluding carboxylic acids is 2. The highest BCUT2D eigenvalue weighted by atomic mass is 16.2. The highest BCUT2D eigenvalue weighted by Gasteiger charge is 2.16. The van der Waals surface area contributed by atoms with Crippen LogP contribution in [0.5, 0.6) is 0 Å². The fourth-order valence-corrected chi connectivity index (χ4v) is 3.59. The molecular weight excluding hydrogens is 374 g/mol. The Morgan fingerprint density at radius 2 is 1.90 bits per heavy atom. The van der Waals surface area contributed by atoms with Gasteiger partial charge in [0.2, 0.25) is 5.91 Å². The van der Waals surface area contributed by atoms with Gasteiger partial charge in [-0.15, -0.1) is 0 Å². The maximum atomic E-state index is 12.4. The number of nitrogens with one attached hydrogen (secondary N) is 2. The van der Waals surface area contributed by atoms with Crippen LogP contribution in [-0.2, 0) is 11.3 Å². The fraction of sp³-hybridized carbons (Fsp3) is 0.550. The lowest BCUT2D eigenvalue weighted by molar-refractivity contribution is -0.131. The van der Waals surface area contributed by atoms with E-state index in [1.54, 1.807) is 0 Å². The van der Waals surface area contributed by atoms with Crippen LogP contribution in [0.25, 0.3) is 11.0 Å². The molecule has 156 valence electrons. The van der Waals surface area contributed by atoms with Gasteiger partial charge in [-0.25, -0.2) is 9.78 Å². The third-order valence-electron chi connectivity index (χ3n) is 5.13. The average Bonchev–Trinajstić information content (AvgIpc) is 3.00. The van der Waals surface area contributed by atoms with E-state index >= 15 is 0 Å². The van der Waals surface area contributed by atoms with Crippen LogP contribution in [0.1, 0.15) is 55.8 Å². The van der Waals surface area contributed by atoms with Gasteiger partial charge in [-0.05, 0) is 25.3 Å². The van der Waals surface area contributed by atoms with E-state index in [9.17, 15) is 19.2 Å². The van der Waals surface area contributed by atoms with Crippen molar-refractivity contribution in [1.82, 2.24) is 24.8 Å². The van der Waals surface area contributed by atoms with Crippen molar-refractivity contribution in [3.8, 4) is 0 Å². The van der Waals surface area contributed by atoms with Crippen LogP contribution in [0.2, 0.25) is 0 Å². The minimum atomic E-state index is -0.573. The second-order valence-electron chi connectivity index (χ2n) is 7.31. The SMILES string of the molecule is CCCn1c(=O)[nH]c(=O)c2cc(C(=O)NCCC(=O)N3CCCCCC3)cnc21. The molecule has 9 heteroatoms. The highest BCUT2D eigenvalue weighted by Crippen LogP contribution is 2.11. The normalized spacial score (nSPS) is 14.6. The summed E-state index contributed by atoms with van der Waals surface area (Å²) >= 11 is 0. The van der Waals surface area contributed by atoms with Crippen LogP contribution in [0.4, 0.5) is 0 Å². The first-order chi connectivity index (χ1) is 14.0. The maximum Gasteiger partial charge on any atom is 0.329 e. The third-order valence-corrected chi connectivity index (χ3v) is 5.13. The molecule has 2 aromatic heterocycles. The van der Waals surface area contributed by atoms with Gasteiger partial charge in [-0.3, -0.25) is 23.9 Å². The van der Waals surface area contributed by atoms with Crippen LogP contribution in [-0.4, -0.2) is 50.9 Å². The van der Waals surface area contributed by atoms with Gasteiger partial charge in [-0.2, -0.15) is 0 Å². The van der Waals surface area contributed by atoms with Crippen LogP contribution in [0.15, 0.2) is 21.9 Å². The highest BCUT2D eigenvalue weighted by molar-refractivity contribution is 5.96. The van der Waals surface area contributed by atoms with Crippen molar-refractivity contribution in [2.75, 3.05) is 19.6 Å². The Balaban J connectivity index is 1.67. The second kappa shape index (κ2) is 9.49. The van der Waals surface area contributed by atoms with Gasteiger partial charge in [0.15, 0.2) is 0 Å². The zero-order valence-corrected chi connectivity index (χ0v) is 16.7. The molecule has 1 aliphatic rings. The average molecular weight is 401 g/mol. The number of hydrogen-bond acceptors (Lipinski definition) is 5. The first-order valence-corrected chi connectivity index (χ1v) is 10.2. The predicted molar refractivity (Wildman–Crippen MR) is 109 cm³/mol. The van der Waals surface area contributed by atoms with Gasteiger partial charge in [0.1, 0.15) is 5.65 Å². The molecule has 9 nitrogen and oxygen atoms in total. The number of amides is 2. The van der Waals surface area contributed by atoms with E-state index in [1.807, 2.05) is 11.8 Å². The van der Waals surface area contributed by atoms with Crippen LogP contribution >= 0.6 is 0 Å². The third kappa shape index (κ3) is 4.90. The lowest BCUT2D eigenvalue weighted by atomic mass is 10.2. The van der Waals surface area contributed by atoms with Crippen molar-refractivity contribution in [3.63, 3.8) is 0 Å². The summed E-state index contributed by atoms with van der Waals surface area (Å²) in [5, 5.41) is 2.90. The molecule has 2 N–H and O–H groups in total. The van der Waals surface area contributed by atoms with Crippen molar-refractivity contribution in [2.45, 2.75) is 52.0 Å². The van der Waals surface area contributed by atoms with E-state index in [-0.39, 0.29) is 35.5 Å². The standard InChI is InChI=1S/C20H27N5O4/c1-2-9-25-17-15(19(28)23-20(25)29)12-14(13-22-17)18(27)21-8-7-16(26)24-10-5-3-4-6-11-24/h12-13H,2-11H2,1H3,(H,21,27)(H,23,28,29). The molecule has 1 fully saturated rings. The molecular formula is C20H27N5O4. The van der Waals surface area contributed by atoms with Gasteiger partial charge in [0.05, 0.1) is 10.9 Å². The molecule has 29 heavy (non-hydrogen) atoms. The summed E-state index contributed by atoms with van der Waals surface area (Å²) in [5.41, 5.74) is -0.614. The van der Waals surface area contributed by atoms with E-state index in [1.165, 1.54) is 16.8 Å². The minimum absolute atomic E-state index is 0.0452. The summed E-state index contributed by atoms with van der Waals surface area (Å²) in [5.74, 6) is -0.362. The Bertz CT molecular complexity index is 1000. The summed E-state index contributed by atoms with van der Waals surface area (Å²) in [6, 6.07) is 1.43. The summed E-state index contributed by atoms with van der Waals surface area (Å²) < 4.78 is 1.39. The first kappa shape index (κ1) is 20.8. The molecule has 0 aromatic carbocycles. The number of nitrogens with zero attached hydrogens (tertiary/aromatic N) is 3. The number of aromatic nitrogens is 3. The van der Waals surface area contributed by atoms with E-state index in [0.717, 1.165) is 38.8 Å².